The van der Waals surface area contributed by atoms with Crippen LogP contribution in [0.4, 0.5) is 0 Å². The number of rotatable bonds is 10. The second-order valence-corrected chi connectivity index (χ2v) is 8.39. The zero-order valence-corrected chi connectivity index (χ0v) is 21.8. The molecular weight excluding hydrogens is 497 g/mol. The average Bonchev–Trinajstić information content (AvgIpc) is 3.27. The van der Waals surface area contributed by atoms with E-state index in [9.17, 15) is 9.59 Å². The number of likely N-dealkylation sites (tertiary alicyclic amines) is 1. The van der Waals surface area contributed by atoms with Gasteiger partial charge in [-0.05, 0) is 38.2 Å². The van der Waals surface area contributed by atoms with Gasteiger partial charge in [-0.2, -0.15) is 0 Å². The zero-order valence-electron chi connectivity index (χ0n) is 19.4. The van der Waals surface area contributed by atoms with E-state index in [0.29, 0.717) is 25.8 Å². The fourth-order valence-corrected chi connectivity index (χ4v) is 4.28. The van der Waals surface area contributed by atoms with Crippen LogP contribution < -0.4 is 28.9 Å². The van der Waals surface area contributed by atoms with E-state index < -0.39 is 6.04 Å². The van der Waals surface area contributed by atoms with Crippen LogP contribution in [0.3, 0.4) is 0 Å². The van der Waals surface area contributed by atoms with Crippen molar-refractivity contribution >= 4 is 37.1 Å². The molecule has 5 N–H and O–H groups in total. The van der Waals surface area contributed by atoms with Gasteiger partial charge < -0.3 is 33.7 Å². The van der Waals surface area contributed by atoms with Gasteiger partial charge in [0.25, 0.3) is 0 Å². The monoisotopic (exact) mass is 531 g/mol. The maximum absolute atomic E-state index is 13.1. The fraction of sp³-hybridized carbons (Fsp3) is 0.458. The second-order valence-electron chi connectivity index (χ2n) is 8.39. The Kier molecular flexibility index (Phi) is 15.0. The molecule has 190 valence electrons. The van der Waals surface area contributed by atoms with Crippen LogP contribution >= 0.6 is 24.8 Å². The molecule has 0 aliphatic carbocycles. The van der Waals surface area contributed by atoms with E-state index in [1.54, 1.807) is 9.80 Å². The highest BCUT2D eigenvalue weighted by atomic mass is 35.5. The van der Waals surface area contributed by atoms with Crippen molar-refractivity contribution in [1.82, 2.24) is 9.80 Å². The first-order chi connectivity index (χ1) is 15.0. The molecule has 1 aromatic carbocycles. The number of halogens is 3. The molecule has 1 aromatic heterocycles. The largest absolute Gasteiger partial charge is 1.00 e. The smallest absolute Gasteiger partial charge is 0.241 e. The quantitative estimate of drug-likeness (QED) is 0.402. The summed E-state index contributed by atoms with van der Waals surface area (Å²) in [6.07, 6.45) is 5.90. The normalized spacial score (nSPS) is 17.3. The molecule has 1 saturated heterocycles. The lowest BCUT2D eigenvalue weighted by molar-refractivity contribution is -0.391. The van der Waals surface area contributed by atoms with Gasteiger partial charge in [0.15, 0.2) is 11.9 Å². The minimum atomic E-state index is -0.599. The molecule has 0 spiro atoms. The van der Waals surface area contributed by atoms with Gasteiger partial charge in [0.1, 0.15) is 6.17 Å². The maximum Gasteiger partial charge on any atom is 0.241 e. The predicted molar refractivity (Wildman–Crippen MR) is 134 cm³/mol. The summed E-state index contributed by atoms with van der Waals surface area (Å²) in [7, 11) is 0. The van der Waals surface area contributed by atoms with E-state index >= 15 is 0 Å². The Labute approximate surface area is 220 Å². The summed E-state index contributed by atoms with van der Waals surface area (Å²) in [5.74, 6) is -0.104. The maximum atomic E-state index is 13.1. The summed E-state index contributed by atoms with van der Waals surface area (Å²) >= 11 is 0. The van der Waals surface area contributed by atoms with Crippen molar-refractivity contribution in [3.8, 4) is 0 Å². The summed E-state index contributed by atoms with van der Waals surface area (Å²) in [5.41, 5.74) is 14.1. The molecule has 1 aliphatic rings. The molecule has 34 heavy (non-hydrogen) atoms. The van der Waals surface area contributed by atoms with Gasteiger partial charge in [0, 0.05) is 24.7 Å². The third-order valence-corrected chi connectivity index (χ3v) is 5.95. The van der Waals surface area contributed by atoms with Crippen LogP contribution in [0.1, 0.15) is 49.9 Å². The van der Waals surface area contributed by atoms with E-state index in [1.165, 1.54) is 0 Å². The molecular formula is C24H36Cl3N5O2. The summed E-state index contributed by atoms with van der Waals surface area (Å²) < 4.78 is 0. The number of pyridine rings is 1. The number of carbonyl (C=O) groups excluding carboxylic acids is 2. The van der Waals surface area contributed by atoms with E-state index in [-0.39, 0.29) is 61.4 Å². The number of hydrogen-bond acceptors (Lipinski definition) is 4. The Balaban J connectivity index is 0.00000363. The molecule has 0 radical (unpaired) electrons. The SMILES string of the molecule is CC(N)CC[C@H](N)C(=O)N1CCCC1N(C=O)[C@@H](Cc1cccc[nH+]1)c1ccccc1.Cl.Cl.[Cl-]. The number of nitrogens with one attached hydrogen (secondary N) is 1. The van der Waals surface area contributed by atoms with Crippen LogP contribution in [-0.4, -0.2) is 46.9 Å². The molecule has 0 bridgehead atoms. The summed E-state index contributed by atoms with van der Waals surface area (Å²) in [6, 6.07) is 15.1. The molecule has 10 heteroatoms. The molecule has 7 nitrogen and oxygen atoms in total. The van der Waals surface area contributed by atoms with E-state index in [0.717, 1.165) is 30.5 Å². The number of hydrogen-bond donors (Lipinski definition) is 2. The minimum Gasteiger partial charge on any atom is -1.00 e. The summed E-state index contributed by atoms with van der Waals surface area (Å²) in [5, 5.41) is 0. The Bertz CT molecular complexity index is 845. The van der Waals surface area contributed by atoms with Gasteiger partial charge >= 0.3 is 0 Å². The highest BCUT2D eigenvalue weighted by Gasteiger charge is 2.38. The standard InChI is InChI=1S/C24H33N5O2.3ClH/c1-18(25)12-13-21(26)24(31)28-15-7-11-23(28)29(17-30)22(19-8-3-2-4-9-19)16-20-10-5-6-14-27-20;;;/h2-6,8-10,14,17-18,21-23H,7,11-13,15-16,25-26H2,1H3;3*1H/t18?,21-,22-,23?;;;/m0.../s1. The van der Waals surface area contributed by atoms with Gasteiger partial charge in [-0.25, -0.2) is 4.98 Å². The molecule has 1 aliphatic heterocycles. The second kappa shape index (κ2) is 15.9. The molecule has 0 saturated carbocycles. The number of aromatic amines is 1. The van der Waals surface area contributed by atoms with Crippen molar-refractivity contribution in [2.24, 2.45) is 11.5 Å². The van der Waals surface area contributed by atoms with Crippen LogP contribution in [-0.2, 0) is 16.0 Å². The predicted octanol–water partition coefficient (Wildman–Crippen LogP) is -0.506. The van der Waals surface area contributed by atoms with E-state index in [1.807, 2.05) is 61.7 Å². The lowest BCUT2D eigenvalue weighted by Crippen LogP contribution is -3.00. The van der Waals surface area contributed by atoms with Crippen molar-refractivity contribution < 1.29 is 27.0 Å². The zero-order chi connectivity index (χ0) is 22.2. The van der Waals surface area contributed by atoms with Crippen LogP contribution in [0.2, 0.25) is 0 Å². The molecule has 2 unspecified atom stereocenters. The van der Waals surface area contributed by atoms with Gasteiger partial charge in [-0.1, -0.05) is 36.4 Å². The number of nitrogens with two attached hydrogens (primary N) is 2. The topological polar surface area (TPSA) is 107 Å². The molecule has 3 rings (SSSR count). The molecule has 2 heterocycles. The summed E-state index contributed by atoms with van der Waals surface area (Å²) in [4.78, 5) is 32.3. The van der Waals surface area contributed by atoms with Gasteiger partial charge in [0.05, 0.1) is 18.5 Å². The highest BCUT2D eigenvalue weighted by molar-refractivity contribution is 5.85. The Hall–Kier alpha value is -1.90. The third kappa shape index (κ3) is 8.40. The van der Waals surface area contributed by atoms with Crippen LogP contribution in [0.15, 0.2) is 54.7 Å². The Morgan fingerprint density at radius 2 is 1.82 bits per heavy atom. The number of nitrogens with zero attached hydrogens (tertiary/aromatic N) is 2. The van der Waals surface area contributed by atoms with Gasteiger partial charge in [-0.15, -0.1) is 24.8 Å². The number of H-pyrrole nitrogens is 1. The van der Waals surface area contributed by atoms with Crippen molar-refractivity contribution in [2.75, 3.05) is 6.54 Å². The van der Waals surface area contributed by atoms with Gasteiger partial charge in [0.2, 0.25) is 12.3 Å². The third-order valence-electron chi connectivity index (χ3n) is 5.95. The van der Waals surface area contributed by atoms with Crippen molar-refractivity contribution in [2.45, 2.75) is 63.3 Å². The van der Waals surface area contributed by atoms with E-state index in [2.05, 4.69) is 4.98 Å². The minimum absolute atomic E-state index is 0. The van der Waals surface area contributed by atoms with Crippen LogP contribution in [0.25, 0.3) is 0 Å². The number of carbonyl (C=O) groups is 2. The van der Waals surface area contributed by atoms with Crippen molar-refractivity contribution in [1.29, 1.82) is 0 Å². The number of benzene rings is 1. The summed E-state index contributed by atoms with van der Waals surface area (Å²) in [6.45, 7) is 2.52. The lowest BCUT2D eigenvalue weighted by atomic mass is 9.99. The first-order valence-corrected chi connectivity index (χ1v) is 11.1. The molecule has 4 atom stereocenters. The first kappa shape index (κ1) is 32.1. The Morgan fingerprint density at radius 1 is 1.15 bits per heavy atom. The number of amides is 2. The highest BCUT2D eigenvalue weighted by Crippen LogP contribution is 2.31. The van der Waals surface area contributed by atoms with Crippen molar-refractivity contribution in [3.63, 3.8) is 0 Å². The number of aromatic nitrogens is 1. The fourth-order valence-electron chi connectivity index (χ4n) is 4.28. The first-order valence-electron chi connectivity index (χ1n) is 11.1. The molecule has 1 fully saturated rings. The van der Waals surface area contributed by atoms with Crippen LogP contribution in [0, 0.1) is 0 Å². The van der Waals surface area contributed by atoms with Crippen LogP contribution in [0.5, 0.6) is 0 Å². The van der Waals surface area contributed by atoms with E-state index in [4.69, 9.17) is 11.5 Å². The van der Waals surface area contributed by atoms with Gasteiger partial charge in [-0.3, -0.25) is 9.59 Å². The molecule has 2 amide bonds. The molecule has 2 aromatic rings. The lowest BCUT2D eigenvalue weighted by Gasteiger charge is -2.38. The van der Waals surface area contributed by atoms with Crippen molar-refractivity contribution in [3.05, 3.63) is 66.0 Å². The Morgan fingerprint density at radius 3 is 2.41 bits per heavy atom. The average molecular weight is 533 g/mol.